The highest BCUT2D eigenvalue weighted by molar-refractivity contribution is 9.10. The molecule has 1 unspecified atom stereocenters. The Morgan fingerprint density at radius 1 is 1.47 bits per heavy atom. The molecule has 0 bridgehead atoms. The molecule has 0 aromatic carbocycles. The molecule has 0 amide bonds. The van der Waals surface area contributed by atoms with Gasteiger partial charge in [-0.3, -0.25) is 16.0 Å². The molecule has 3 N–H and O–H groups in total. The summed E-state index contributed by atoms with van der Waals surface area (Å²) < 4.78 is 3.12. The van der Waals surface area contributed by atoms with Gasteiger partial charge >= 0.3 is 0 Å². The van der Waals surface area contributed by atoms with Crippen LogP contribution in [0, 0.1) is 6.92 Å². The van der Waals surface area contributed by atoms with Gasteiger partial charge in [-0.05, 0) is 57.7 Å². The highest BCUT2D eigenvalue weighted by Gasteiger charge is 2.32. The number of rotatable bonds is 6. The van der Waals surface area contributed by atoms with Crippen LogP contribution in [0.1, 0.15) is 32.2 Å². The second kappa shape index (κ2) is 6.35. The summed E-state index contributed by atoms with van der Waals surface area (Å²) in [5.41, 5.74) is 5.12. The van der Waals surface area contributed by atoms with Crippen molar-refractivity contribution in [1.29, 1.82) is 0 Å². The number of nitrogens with two attached hydrogens (primary N) is 1. The molecule has 19 heavy (non-hydrogen) atoms. The lowest BCUT2D eigenvalue weighted by Gasteiger charge is -2.40. The topological polar surface area (TPSA) is 59.1 Å². The number of aromatic nitrogens is 2. The smallest absolute Gasteiger partial charge is 0.0738 e. The first-order valence-corrected chi connectivity index (χ1v) is 7.40. The Hall–Kier alpha value is -0.430. The molecule has 0 fully saturated rings. The Morgan fingerprint density at radius 2 is 2.05 bits per heavy atom. The summed E-state index contributed by atoms with van der Waals surface area (Å²) in [5, 5.41) is 4.53. The second-order valence-electron chi connectivity index (χ2n) is 5.63. The molecule has 6 heteroatoms. The van der Waals surface area contributed by atoms with Gasteiger partial charge in [-0.25, -0.2) is 0 Å². The molecule has 1 aromatic rings. The standard InChI is InChI=1S/C13H26BrN5/c1-7-19-10(12(14)9(2)17-19)8-11(16-15)13(3,4)18(5)6/h11,16H,7-8,15H2,1-6H3. The van der Waals surface area contributed by atoms with Gasteiger partial charge in [-0.2, -0.15) is 5.10 Å². The first-order chi connectivity index (χ1) is 8.75. The molecule has 0 aliphatic rings. The molecule has 110 valence electrons. The van der Waals surface area contributed by atoms with Crippen LogP contribution in [0.5, 0.6) is 0 Å². The maximum Gasteiger partial charge on any atom is 0.0738 e. The van der Waals surface area contributed by atoms with E-state index in [9.17, 15) is 0 Å². The summed E-state index contributed by atoms with van der Waals surface area (Å²) >= 11 is 3.64. The Bertz CT molecular complexity index is 425. The number of likely N-dealkylation sites (N-methyl/N-ethyl adjacent to an activating group) is 1. The highest BCUT2D eigenvalue weighted by Crippen LogP contribution is 2.26. The molecule has 0 saturated carbocycles. The predicted octanol–water partition coefficient (Wildman–Crippen LogP) is 1.69. The SMILES string of the molecule is CCn1nc(C)c(Br)c1CC(NN)C(C)(C)N(C)C. The van der Waals surface area contributed by atoms with Gasteiger partial charge in [0.25, 0.3) is 0 Å². The molecular weight excluding hydrogens is 306 g/mol. The molecule has 0 aliphatic heterocycles. The van der Waals surface area contributed by atoms with Crippen molar-refractivity contribution in [2.45, 2.75) is 52.2 Å². The van der Waals surface area contributed by atoms with E-state index in [4.69, 9.17) is 5.84 Å². The monoisotopic (exact) mass is 331 g/mol. The van der Waals surface area contributed by atoms with Crippen LogP contribution in [0.2, 0.25) is 0 Å². The van der Waals surface area contributed by atoms with E-state index < -0.39 is 0 Å². The number of hydrogen-bond donors (Lipinski definition) is 2. The molecule has 1 heterocycles. The molecule has 1 aromatic heterocycles. The van der Waals surface area contributed by atoms with Crippen LogP contribution in [-0.4, -0.2) is 40.4 Å². The Labute approximate surface area is 124 Å². The third-order valence-electron chi connectivity index (χ3n) is 4.06. The quantitative estimate of drug-likeness (QED) is 0.615. The van der Waals surface area contributed by atoms with E-state index in [1.807, 2.05) is 11.6 Å². The lowest BCUT2D eigenvalue weighted by molar-refractivity contribution is 0.136. The minimum Gasteiger partial charge on any atom is -0.303 e. The average molecular weight is 332 g/mol. The van der Waals surface area contributed by atoms with E-state index in [1.165, 1.54) is 5.69 Å². The first-order valence-electron chi connectivity index (χ1n) is 6.61. The number of hydrazine groups is 1. The van der Waals surface area contributed by atoms with E-state index in [0.717, 1.165) is 23.1 Å². The van der Waals surface area contributed by atoms with Gasteiger partial charge in [0.05, 0.1) is 15.9 Å². The maximum absolute atomic E-state index is 5.77. The van der Waals surface area contributed by atoms with Crippen molar-refractivity contribution < 1.29 is 0 Å². The number of aryl methyl sites for hydroxylation is 2. The third kappa shape index (κ3) is 3.37. The van der Waals surface area contributed by atoms with Crippen molar-refractivity contribution in [2.75, 3.05) is 14.1 Å². The van der Waals surface area contributed by atoms with Crippen LogP contribution in [0.25, 0.3) is 0 Å². The molecule has 0 spiro atoms. The summed E-state index contributed by atoms with van der Waals surface area (Å²) in [6.45, 7) is 9.35. The van der Waals surface area contributed by atoms with Crippen LogP contribution in [0.3, 0.4) is 0 Å². The van der Waals surface area contributed by atoms with E-state index in [1.54, 1.807) is 0 Å². The highest BCUT2D eigenvalue weighted by atomic mass is 79.9. The minimum atomic E-state index is -0.0507. The van der Waals surface area contributed by atoms with Crippen molar-refractivity contribution >= 4 is 15.9 Å². The van der Waals surface area contributed by atoms with Gasteiger partial charge in [0, 0.05) is 24.5 Å². The van der Waals surface area contributed by atoms with Crippen LogP contribution in [0.15, 0.2) is 4.47 Å². The van der Waals surface area contributed by atoms with Gasteiger partial charge in [0.1, 0.15) is 0 Å². The van der Waals surface area contributed by atoms with Crippen molar-refractivity contribution in [3.63, 3.8) is 0 Å². The van der Waals surface area contributed by atoms with E-state index in [-0.39, 0.29) is 11.6 Å². The number of hydrogen-bond acceptors (Lipinski definition) is 4. The van der Waals surface area contributed by atoms with Crippen LogP contribution < -0.4 is 11.3 Å². The summed E-state index contributed by atoms with van der Waals surface area (Å²) in [6.07, 6.45) is 0.830. The largest absolute Gasteiger partial charge is 0.303 e. The Morgan fingerprint density at radius 3 is 2.47 bits per heavy atom. The van der Waals surface area contributed by atoms with Gasteiger partial charge < -0.3 is 4.90 Å². The molecule has 1 rings (SSSR count). The zero-order chi connectivity index (χ0) is 14.8. The second-order valence-corrected chi connectivity index (χ2v) is 6.43. The number of halogens is 1. The van der Waals surface area contributed by atoms with Gasteiger partial charge in [-0.1, -0.05) is 0 Å². The fraction of sp³-hybridized carbons (Fsp3) is 0.769. The van der Waals surface area contributed by atoms with Crippen molar-refractivity contribution in [2.24, 2.45) is 5.84 Å². The normalized spacial score (nSPS) is 14.2. The zero-order valence-corrected chi connectivity index (χ0v) is 14.4. The first kappa shape index (κ1) is 16.6. The van der Waals surface area contributed by atoms with Crippen molar-refractivity contribution in [3.8, 4) is 0 Å². The van der Waals surface area contributed by atoms with E-state index >= 15 is 0 Å². The lowest BCUT2D eigenvalue weighted by Crippen LogP contribution is -2.58. The molecule has 0 saturated heterocycles. The molecular formula is C13H26BrN5. The van der Waals surface area contributed by atoms with Gasteiger partial charge in [0.15, 0.2) is 0 Å². The molecule has 1 atom stereocenters. The average Bonchev–Trinajstić information content (AvgIpc) is 2.62. The van der Waals surface area contributed by atoms with Gasteiger partial charge in [0.2, 0.25) is 0 Å². The fourth-order valence-electron chi connectivity index (χ4n) is 2.08. The number of nitrogens with zero attached hydrogens (tertiary/aromatic N) is 3. The van der Waals surface area contributed by atoms with Crippen LogP contribution >= 0.6 is 15.9 Å². The minimum absolute atomic E-state index is 0.0507. The zero-order valence-electron chi connectivity index (χ0n) is 12.8. The van der Waals surface area contributed by atoms with Gasteiger partial charge in [-0.15, -0.1) is 0 Å². The molecule has 0 aliphatic carbocycles. The summed E-state index contributed by atoms with van der Waals surface area (Å²) in [7, 11) is 4.14. The van der Waals surface area contributed by atoms with Crippen molar-refractivity contribution in [1.82, 2.24) is 20.1 Å². The molecule has 5 nitrogen and oxygen atoms in total. The fourth-order valence-corrected chi connectivity index (χ4v) is 2.53. The Kier molecular flexibility index (Phi) is 5.55. The predicted molar refractivity (Wildman–Crippen MR) is 82.9 cm³/mol. The summed E-state index contributed by atoms with van der Waals surface area (Å²) in [6, 6.07) is 0.139. The number of nitrogens with one attached hydrogen (secondary N) is 1. The van der Waals surface area contributed by atoms with E-state index in [2.05, 4.69) is 66.2 Å². The van der Waals surface area contributed by atoms with Crippen LogP contribution in [0.4, 0.5) is 0 Å². The Balaban J connectivity index is 3.06. The van der Waals surface area contributed by atoms with Crippen molar-refractivity contribution in [3.05, 3.63) is 15.9 Å². The molecule has 0 radical (unpaired) electrons. The third-order valence-corrected chi connectivity index (χ3v) is 5.09. The maximum atomic E-state index is 5.77. The summed E-state index contributed by atoms with van der Waals surface area (Å²) in [5.74, 6) is 5.77. The lowest BCUT2D eigenvalue weighted by atomic mass is 9.90. The van der Waals surface area contributed by atoms with E-state index in [0.29, 0.717) is 0 Å². The summed E-state index contributed by atoms with van der Waals surface area (Å²) in [4.78, 5) is 2.19. The van der Waals surface area contributed by atoms with Crippen LogP contribution in [-0.2, 0) is 13.0 Å².